The first-order valence-corrected chi connectivity index (χ1v) is 9.43. The van der Waals surface area contributed by atoms with Crippen molar-refractivity contribution in [2.75, 3.05) is 13.7 Å². The van der Waals surface area contributed by atoms with Crippen LogP contribution in [-0.4, -0.2) is 34.6 Å². The molecule has 1 amide bonds. The number of carbonyl (C=O) groups is 1. The number of fused-ring (bicyclic) bond motifs is 1. The fraction of sp³-hybridized carbons (Fsp3) is 0.174. The van der Waals surface area contributed by atoms with Crippen LogP contribution in [0.25, 0.3) is 22.2 Å². The first-order chi connectivity index (χ1) is 14.2. The predicted octanol–water partition coefficient (Wildman–Crippen LogP) is 4.56. The summed E-state index contributed by atoms with van der Waals surface area (Å²) < 4.78 is 10.5. The van der Waals surface area contributed by atoms with Gasteiger partial charge in [-0.1, -0.05) is 35.5 Å². The number of nitrogens with zero attached hydrogens (tertiary/aromatic N) is 3. The Balaban J connectivity index is 1.52. The molecule has 0 unspecified atom stereocenters. The summed E-state index contributed by atoms with van der Waals surface area (Å²) in [5.74, 6) is 1.57. The highest BCUT2D eigenvalue weighted by molar-refractivity contribution is 5.98. The van der Waals surface area contributed by atoms with Crippen molar-refractivity contribution in [2.45, 2.75) is 13.5 Å². The minimum absolute atomic E-state index is 0.0672. The zero-order valence-electron chi connectivity index (χ0n) is 16.3. The molecule has 4 rings (SSSR count). The van der Waals surface area contributed by atoms with E-state index in [1.54, 1.807) is 12.0 Å². The van der Waals surface area contributed by atoms with Crippen LogP contribution < -0.4 is 4.74 Å². The van der Waals surface area contributed by atoms with Gasteiger partial charge in [0, 0.05) is 17.7 Å². The van der Waals surface area contributed by atoms with Crippen LogP contribution in [0, 0.1) is 0 Å². The Morgan fingerprint density at radius 3 is 2.52 bits per heavy atom. The monoisotopic (exact) mass is 387 g/mol. The van der Waals surface area contributed by atoms with Crippen molar-refractivity contribution in [3.8, 4) is 17.1 Å². The Morgan fingerprint density at radius 2 is 1.79 bits per heavy atom. The first-order valence-electron chi connectivity index (χ1n) is 9.43. The lowest BCUT2D eigenvalue weighted by Gasteiger charge is -2.19. The van der Waals surface area contributed by atoms with Crippen LogP contribution in [0.15, 0.2) is 71.3 Å². The Kier molecular flexibility index (Phi) is 5.24. The number of ether oxygens (including phenoxy) is 1. The predicted molar refractivity (Wildman–Crippen MR) is 111 cm³/mol. The lowest BCUT2D eigenvalue weighted by Crippen LogP contribution is -2.30. The lowest BCUT2D eigenvalue weighted by atomic mass is 10.1. The van der Waals surface area contributed by atoms with E-state index in [4.69, 9.17) is 9.26 Å². The zero-order valence-corrected chi connectivity index (χ0v) is 16.3. The summed E-state index contributed by atoms with van der Waals surface area (Å²) in [7, 11) is 1.62. The van der Waals surface area contributed by atoms with Gasteiger partial charge in [-0.05, 0) is 54.1 Å². The van der Waals surface area contributed by atoms with Gasteiger partial charge in [-0.25, -0.2) is 0 Å². The number of aromatic nitrogens is 2. The van der Waals surface area contributed by atoms with Crippen LogP contribution in [0.1, 0.15) is 23.2 Å². The van der Waals surface area contributed by atoms with Gasteiger partial charge in [0.25, 0.3) is 5.91 Å². The summed E-state index contributed by atoms with van der Waals surface area (Å²) in [6.45, 7) is 2.72. The maximum atomic E-state index is 13.0. The van der Waals surface area contributed by atoms with Crippen molar-refractivity contribution >= 4 is 16.7 Å². The molecule has 6 heteroatoms. The molecule has 0 bridgehead atoms. The Bertz CT molecular complexity index is 1140. The topological polar surface area (TPSA) is 68.5 Å². The van der Waals surface area contributed by atoms with Crippen LogP contribution in [0.3, 0.4) is 0 Å². The number of carbonyl (C=O) groups excluding carboxylic acids is 1. The molecule has 0 spiro atoms. The van der Waals surface area contributed by atoms with E-state index in [1.165, 1.54) is 0 Å². The summed E-state index contributed by atoms with van der Waals surface area (Å²) in [6.07, 6.45) is 0. The molecule has 0 saturated carbocycles. The van der Waals surface area contributed by atoms with Crippen LogP contribution in [0.4, 0.5) is 0 Å². The van der Waals surface area contributed by atoms with Crippen molar-refractivity contribution < 1.29 is 14.1 Å². The molecule has 6 nitrogen and oxygen atoms in total. The summed E-state index contributed by atoms with van der Waals surface area (Å²) in [4.78, 5) is 19.1. The van der Waals surface area contributed by atoms with Crippen LogP contribution in [-0.2, 0) is 6.54 Å². The Labute approximate surface area is 168 Å². The minimum Gasteiger partial charge on any atom is -0.497 e. The van der Waals surface area contributed by atoms with Gasteiger partial charge in [0.2, 0.25) is 11.7 Å². The van der Waals surface area contributed by atoms with E-state index in [1.807, 2.05) is 73.7 Å². The Morgan fingerprint density at radius 1 is 1.03 bits per heavy atom. The molecule has 0 aliphatic carbocycles. The molecule has 3 aromatic carbocycles. The molecule has 0 fully saturated rings. The number of amides is 1. The molecule has 0 radical (unpaired) electrons. The molecule has 4 aromatic rings. The fourth-order valence-electron chi connectivity index (χ4n) is 3.17. The van der Waals surface area contributed by atoms with E-state index in [2.05, 4.69) is 10.1 Å². The second-order valence-corrected chi connectivity index (χ2v) is 6.62. The van der Waals surface area contributed by atoms with Crippen LogP contribution in [0.5, 0.6) is 5.75 Å². The molecule has 0 N–H and O–H groups in total. The molecular weight excluding hydrogens is 366 g/mol. The number of methoxy groups -OCH3 is 1. The fourth-order valence-corrected chi connectivity index (χ4v) is 3.17. The van der Waals surface area contributed by atoms with Crippen molar-refractivity contribution in [3.63, 3.8) is 0 Å². The average Bonchev–Trinajstić information content (AvgIpc) is 3.25. The summed E-state index contributed by atoms with van der Waals surface area (Å²) >= 11 is 0. The first kappa shape index (κ1) is 18.7. The smallest absolute Gasteiger partial charge is 0.254 e. The van der Waals surface area contributed by atoms with E-state index in [-0.39, 0.29) is 12.5 Å². The highest BCUT2D eigenvalue weighted by atomic mass is 16.5. The molecule has 0 atom stereocenters. The van der Waals surface area contributed by atoms with Gasteiger partial charge >= 0.3 is 0 Å². The quantitative estimate of drug-likeness (QED) is 0.485. The average molecular weight is 387 g/mol. The highest BCUT2D eigenvalue weighted by Crippen LogP contribution is 2.21. The highest BCUT2D eigenvalue weighted by Gasteiger charge is 2.18. The van der Waals surface area contributed by atoms with Gasteiger partial charge in [-0.3, -0.25) is 4.79 Å². The van der Waals surface area contributed by atoms with Gasteiger partial charge in [-0.15, -0.1) is 0 Å². The van der Waals surface area contributed by atoms with Crippen LogP contribution >= 0.6 is 0 Å². The van der Waals surface area contributed by atoms with Crippen molar-refractivity contribution in [3.05, 3.63) is 78.2 Å². The largest absolute Gasteiger partial charge is 0.497 e. The second-order valence-electron chi connectivity index (χ2n) is 6.62. The number of hydrogen-bond acceptors (Lipinski definition) is 5. The van der Waals surface area contributed by atoms with Gasteiger partial charge in [0.05, 0.1) is 7.11 Å². The molecule has 0 aliphatic rings. The summed E-state index contributed by atoms with van der Waals surface area (Å²) in [5, 5.41) is 6.18. The van der Waals surface area contributed by atoms with Crippen molar-refractivity contribution in [2.24, 2.45) is 0 Å². The molecule has 29 heavy (non-hydrogen) atoms. The van der Waals surface area contributed by atoms with E-state index < -0.39 is 0 Å². The van der Waals surface area contributed by atoms with Gasteiger partial charge in [0.15, 0.2) is 0 Å². The minimum atomic E-state index is -0.0672. The van der Waals surface area contributed by atoms with E-state index in [0.29, 0.717) is 23.8 Å². The molecule has 0 saturated heterocycles. The Hall–Kier alpha value is -3.67. The SMILES string of the molecule is CCN(Cc1nc(-c2ccc(OC)cc2)no1)C(=O)c1ccc2ccccc2c1. The number of hydrogen-bond donors (Lipinski definition) is 0. The summed E-state index contributed by atoms with van der Waals surface area (Å²) in [5.41, 5.74) is 1.46. The maximum absolute atomic E-state index is 13.0. The maximum Gasteiger partial charge on any atom is 0.254 e. The van der Waals surface area contributed by atoms with E-state index in [9.17, 15) is 4.79 Å². The van der Waals surface area contributed by atoms with Gasteiger partial charge in [-0.2, -0.15) is 4.98 Å². The van der Waals surface area contributed by atoms with Crippen molar-refractivity contribution in [1.82, 2.24) is 15.0 Å². The molecule has 1 aromatic heterocycles. The third-order valence-corrected chi connectivity index (χ3v) is 4.81. The second kappa shape index (κ2) is 8.14. The molecule has 1 heterocycles. The van der Waals surface area contributed by atoms with Gasteiger partial charge < -0.3 is 14.2 Å². The third-order valence-electron chi connectivity index (χ3n) is 4.81. The van der Waals surface area contributed by atoms with E-state index >= 15 is 0 Å². The standard InChI is InChI=1S/C23H21N3O3/c1-3-26(23(27)19-9-8-16-6-4-5-7-18(16)14-19)15-21-24-22(25-29-21)17-10-12-20(28-2)13-11-17/h4-14H,3,15H2,1-2H3. The number of rotatable bonds is 6. The van der Waals surface area contributed by atoms with Crippen molar-refractivity contribution in [1.29, 1.82) is 0 Å². The zero-order chi connectivity index (χ0) is 20.2. The van der Waals surface area contributed by atoms with Crippen LogP contribution in [0.2, 0.25) is 0 Å². The summed E-state index contributed by atoms with van der Waals surface area (Å²) in [6, 6.07) is 21.1. The normalized spacial score (nSPS) is 10.8. The number of benzene rings is 3. The lowest BCUT2D eigenvalue weighted by molar-refractivity contribution is 0.0734. The molecular formula is C23H21N3O3. The van der Waals surface area contributed by atoms with E-state index in [0.717, 1.165) is 22.1 Å². The molecule has 0 aliphatic heterocycles. The molecule has 146 valence electrons. The third kappa shape index (κ3) is 3.96. The van der Waals surface area contributed by atoms with Gasteiger partial charge in [0.1, 0.15) is 12.3 Å².